The first-order valence-electron chi connectivity index (χ1n) is 10.2. The average Bonchev–Trinajstić information content (AvgIpc) is 2.71. The van der Waals surface area contributed by atoms with Crippen molar-refractivity contribution in [1.82, 2.24) is 4.90 Å². The van der Waals surface area contributed by atoms with Crippen molar-refractivity contribution in [3.05, 3.63) is 29.5 Å². The molecule has 156 valence electrons. The highest BCUT2D eigenvalue weighted by Gasteiger charge is 2.37. The Morgan fingerprint density at radius 1 is 1.21 bits per heavy atom. The molecule has 1 aromatic carbocycles. The summed E-state index contributed by atoms with van der Waals surface area (Å²) in [6.45, 7) is 6.55. The van der Waals surface area contributed by atoms with Crippen LogP contribution in [0.25, 0.3) is 6.08 Å². The number of hydrogen-bond acceptors (Lipinski definition) is 5. The molecule has 0 aromatic heterocycles. The number of nitrogens with zero attached hydrogens (tertiary/aromatic N) is 2. The summed E-state index contributed by atoms with van der Waals surface area (Å²) in [5.74, 6) is 2.43. The van der Waals surface area contributed by atoms with Gasteiger partial charge in [-0.25, -0.2) is 4.79 Å². The number of rotatable bonds is 4. The number of hydrogen-bond donors (Lipinski definition) is 0. The van der Waals surface area contributed by atoms with Crippen LogP contribution >= 0.6 is 0 Å². The van der Waals surface area contributed by atoms with Crippen LogP contribution < -0.4 is 9.47 Å². The molecule has 1 aromatic rings. The molecule has 0 unspecified atom stereocenters. The van der Waals surface area contributed by atoms with Crippen LogP contribution in [0.4, 0.5) is 4.79 Å². The lowest BCUT2D eigenvalue weighted by atomic mass is 9.75. The van der Waals surface area contributed by atoms with E-state index in [-0.39, 0.29) is 6.10 Å². The van der Waals surface area contributed by atoms with Gasteiger partial charge in [0.25, 0.3) is 0 Å². The van der Waals surface area contributed by atoms with Crippen molar-refractivity contribution in [2.45, 2.75) is 52.2 Å². The van der Waals surface area contributed by atoms with Crippen LogP contribution in [0.1, 0.15) is 57.2 Å². The third kappa shape index (κ3) is 4.19. The average molecular weight is 399 g/mol. The first-order valence-corrected chi connectivity index (χ1v) is 10.2. The monoisotopic (exact) mass is 398 g/mol. The van der Waals surface area contributed by atoms with Gasteiger partial charge in [-0.05, 0) is 54.4 Å². The Kier molecular flexibility index (Phi) is 6.36. The second kappa shape index (κ2) is 8.77. The smallest absolute Gasteiger partial charge is 0.415 e. The van der Waals surface area contributed by atoms with Crippen molar-refractivity contribution in [2.24, 2.45) is 17.8 Å². The molecule has 3 rings (SSSR count). The van der Waals surface area contributed by atoms with Gasteiger partial charge in [0.05, 0.1) is 20.3 Å². The summed E-state index contributed by atoms with van der Waals surface area (Å²) >= 11 is 0. The molecule has 1 aliphatic heterocycles. The second-order valence-electron chi connectivity index (χ2n) is 8.34. The zero-order chi connectivity index (χ0) is 21.1. The lowest BCUT2D eigenvalue weighted by Crippen LogP contribution is -2.40. The van der Waals surface area contributed by atoms with Crippen molar-refractivity contribution in [3.63, 3.8) is 0 Å². The van der Waals surface area contributed by atoms with E-state index in [2.05, 4.69) is 26.8 Å². The summed E-state index contributed by atoms with van der Waals surface area (Å²) in [5, 5.41) is 9.83. The Bertz CT molecular complexity index is 827. The molecule has 0 spiro atoms. The van der Waals surface area contributed by atoms with Crippen LogP contribution in [0, 0.1) is 29.1 Å². The number of amides is 1. The highest BCUT2D eigenvalue weighted by atomic mass is 16.6. The third-order valence-electron chi connectivity index (χ3n) is 6.12. The number of benzene rings is 1. The van der Waals surface area contributed by atoms with E-state index in [1.807, 2.05) is 6.07 Å². The van der Waals surface area contributed by atoms with E-state index in [0.717, 1.165) is 24.8 Å². The molecule has 0 bridgehead atoms. The van der Waals surface area contributed by atoms with Crippen LogP contribution in [-0.4, -0.2) is 31.3 Å². The maximum Gasteiger partial charge on any atom is 0.415 e. The Hall–Kier alpha value is -2.68. The largest absolute Gasteiger partial charge is 0.493 e. The van der Waals surface area contributed by atoms with Gasteiger partial charge >= 0.3 is 6.09 Å². The predicted molar refractivity (Wildman–Crippen MR) is 110 cm³/mol. The molecule has 1 saturated carbocycles. The maximum absolute atomic E-state index is 13.0. The summed E-state index contributed by atoms with van der Waals surface area (Å²) in [6, 6.07) is 5.03. The van der Waals surface area contributed by atoms with Crippen molar-refractivity contribution in [3.8, 4) is 17.6 Å². The highest BCUT2D eigenvalue weighted by Crippen LogP contribution is 2.40. The van der Waals surface area contributed by atoms with Gasteiger partial charge in [-0.3, -0.25) is 4.90 Å². The van der Waals surface area contributed by atoms with E-state index in [1.165, 1.54) is 4.90 Å². The number of fused-ring (bicyclic) bond motifs is 1. The molecule has 0 N–H and O–H groups in total. The lowest BCUT2D eigenvalue weighted by Gasteiger charge is -2.38. The van der Waals surface area contributed by atoms with Gasteiger partial charge in [0.1, 0.15) is 6.10 Å². The SMILES string of the molecule is COc1cc2c(cc1OC)[C@H](C#N)N(C(=O)O[C@H]1C[C@@H](C)CC[C@@H]1C(C)C)C=C2. The topological polar surface area (TPSA) is 71.8 Å². The molecule has 1 fully saturated rings. The Labute approximate surface area is 173 Å². The van der Waals surface area contributed by atoms with Gasteiger partial charge in [0.15, 0.2) is 17.5 Å². The zero-order valence-electron chi connectivity index (χ0n) is 17.8. The summed E-state index contributed by atoms with van der Waals surface area (Å²) < 4.78 is 16.7. The van der Waals surface area contributed by atoms with Crippen LogP contribution in [-0.2, 0) is 4.74 Å². The fourth-order valence-electron chi connectivity index (χ4n) is 4.43. The van der Waals surface area contributed by atoms with Gasteiger partial charge in [-0.1, -0.05) is 27.2 Å². The number of carbonyl (C=O) groups excluding carboxylic acids is 1. The number of nitriles is 1. The third-order valence-corrected chi connectivity index (χ3v) is 6.12. The molecule has 1 heterocycles. The summed E-state index contributed by atoms with van der Waals surface area (Å²) in [4.78, 5) is 14.4. The van der Waals surface area contributed by atoms with Gasteiger partial charge in [0, 0.05) is 11.8 Å². The van der Waals surface area contributed by atoms with E-state index in [4.69, 9.17) is 14.2 Å². The number of ether oxygens (including phenoxy) is 3. The fraction of sp³-hybridized carbons (Fsp3) is 0.565. The molecule has 6 nitrogen and oxygen atoms in total. The standard InChI is InChI=1S/C23H30N2O4/c1-14(2)17-7-6-15(3)10-20(17)29-23(26)25-9-8-16-11-21(27-4)22(28-5)12-18(16)19(25)13-24/h8-9,11-12,14-15,17,19-20H,6-7,10H2,1-5H3/t15-,17+,19-,20-/m0/s1. The minimum Gasteiger partial charge on any atom is -0.493 e. The Morgan fingerprint density at radius 3 is 2.52 bits per heavy atom. The molecular formula is C23H30N2O4. The molecule has 29 heavy (non-hydrogen) atoms. The quantitative estimate of drug-likeness (QED) is 0.701. The number of methoxy groups -OCH3 is 2. The van der Waals surface area contributed by atoms with E-state index in [1.54, 1.807) is 32.6 Å². The first kappa shape index (κ1) is 21.0. The fourth-order valence-corrected chi connectivity index (χ4v) is 4.43. The van der Waals surface area contributed by atoms with Crippen molar-refractivity contribution < 1.29 is 19.0 Å². The van der Waals surface area contributed by atoms with Crippen molar-refractivity contribution in [1.29, 1.82) is 5.26 Å². The summed E-state index contributed by atoms with van der Waals surface area (Å²) in [5.41, 5.74) is 1.52. The van der Waals surface area contributed by atoms with E-state index < -0.39 is 12.1 Å². The van der Waals surface area contributed by atoms with Crippen LogP contribution in [0.15, 0.2) is 18.3 Å². The van der Waals surface area contributed by atoms with Gasteiger partial charge in [0.2, 0.25) is 0 Å². The van der Waals surface area contributed by atoms with Gasteiger partial charge in [-0.2, -0.15) is 5.26 Å². The van der Waals surface area contributed by atoms with E-state index in [0.29, 0.717) is 34.8 Å². The molecule has 6 heteroatoms. The summed E-state index contributed by atoms with van der Waals surface area (Å²) in [6.07, 6.45) is 5.93. The Morgan fingerprint density at radius 2 is 1.90 bits per heavy atom. The molecule has 1 amide bonds. The predicted octanol–water partition coefficient (Wildman–Crippen LogP) is 5.15. The Balaban J connectivity index is 1.85. The highest BCUT2D eigenvalue weighted by molar-refractivity contribution is 5.75. The first-order chi connectivity index (χ1) is 13.9. The minimum absolute atomic E-state index is 0.120. The van der Waals surface area contributed by atoms with Crippen LogP contribution in [0.2, 0.25) is 0 Å². The van der Waals surface area contributed by atoms with Crippen LogP contribution in [0.5, 0.6) is 11.5 Å². The van der Waals surface area contributed by atoms with Gasteiger partial charge < -0.3 is 14.2 Å². The molecule has 1 aliphatic carbocycles. The van der Waals surface area contributed by atoms with Crippen LogP contribution in [0.3, 0.4) is 0 Å². The van der Waals surface area contributed by atoms with Gasteiger partial charge in [-0.15, -0.1) is 0 Å². The lowest BCUT2D eigenvalue weighted by molar-refractivity contribution is -0.00736. The molecule has 2 aliphatic rings. The van der Waals surface area contributed by atoms with E-state index in [9.17, 15) is 10.1 Å². The van der Waals surface area contributed by atoms with E-state index >= 15 is 0 Å². The number of carbonyl (C=O) groups is 1. The molecule has 4 atom stereocenters. The molecule has 0 radical (unpaired) electrons. The molecule has 0 saturated heterocycles. The second-order valence-corrected chi connectivity index (χ2v) is 8.34. The van der Waals surface area contributed by atoms with Crippen molar-refractivity contribution in [2.75, 3.05) is 14.2 Å². The van der Waals surface area contributed by atoms with Crippen molar-refractivity contribution >= 4 is 12.2 Å². The zero-order valence-corrected chi connectivity index (χ0v) is 17.8. The molecular weight excluding hydrogens is 368 g/mol. The maximum atomic E-state index is 13.0. The summed E-state index contributed by atoms with van der Waals surface area (Å²) in [7, 11) is 3.12. The normalized spacial score (nSPS) is 25.9. The minimum atomic E-state index is -0.777.